The molecule has 0 aliphatic carbocycles. The van der Waals surface area contributed by atoms with E-state index in [0.29, 0.717) is 11.8 Å². The summed E-state index contributed by atoms with van der Waals surface area (Å²) in [6.45, 7) is 7.84. The van der Waals surface area contributed by atoms with Crippen LogP contribution in [0.3, 0.4) is 0 Å². The van der Waals surface area contributed by atoms with E-state index in [9.17, 15) is 4.79 Å². The number of amides is 1. The van der Waals surface area contributed by atoms with Crippen molar-refractivity contribution in [2.45, 2.75) is 32.6 Å². The van der Waals surface area contributed by atoms with Crippen molar-refractivity contribution in [3.63, 3.8) is 0 Å². The van der Waals surface area contributed by atoms with Crippen LogP contribution in [-0.4, -0.2) is 54.2 Å². The average Bonchev–Trinajstić information content (AvgIpc) is 2.73. The van der Waals surface area contributed by atoms with E-state index in [1.54, 1.807) is 0 Å². The Morgan fingerprint density at radius 1 is 1.28 bits per heavy atom. The van der Waals surface area contributed by atoms with Crippen LogP contribution in [0.1, 0.15) is 32.6 Å². The molecule has 18 heavy (non-hydrogen) atoms. The van der Waals surface area contributed by atoms with Crippen LogP contribution in [0.4, 0.5) is 0 Å². The largest absolute Gasteiger partial charge is 0.342 e. The van der Waals surface area contributed by atoms with Crippen LogP contribution >= 0.6 is 12.6 Å². The molecule has 1 atom stereocenters. The van der Waals surface area contributed by atoms with Crippen LogP contribution in [0.25, 0.3) is 0 Å². The number of carbonyl (C=O) groups is 1. The first-order valence-corrected chi connectivity index (χ1v) is 7.97. The fourth-order valence-corrected chi connectivity index (χ4v) is 3.42. The molecule has 0 aromatic carbocycles. The highest BCUT2D eigenvalue weighted by molar-refractivity contribution is 7.80. The van der Waals surface area contributed by atoms with Gasteiger partial charge in [-0.2, -0.15) is 12.6 Å². The molecule has 2 rings (SSSR count). The molecule has 2 aliphatic rings. The highest BCUT2D eigenvalue weighted by Crippen LogP contribution is 2.24. The highest BCUT2D eigenvalue weighted by Gasteiger charge is 2.31. The van der Waals surface area contributed by atoms with Gasteiger partial charge in [-0.05, 0) is 56.5 Å². The maximum atomic E-state index is 11.9. The second-order valence-corrected chi connectivity index (χ2v) is 6.20. The zero-order valence-electron chi connectivity index (χ0n) is 11.5. The fraction of sp³-hybridized carbons (Fsp3) is 0.929. The normalized spacial score (nSPS) is 27.1. The predicted molar refractivity (Wildman–Crippen MR) is 78.0 cm³/mol. The maximum Gasteiger partial charge on any atom is 0.222 e. The summed E-state index contributed by atoms with van der Waals surface area (Å²) in [6, 6.07) is 0. The van der Waals surface area contributed by atoms with Crippen LogP contribution in [0.2, 0.25) is 0 Å². The Kier molecular flexibility index (Phi) is 5.37. The third-order valence-corrected chi connectivity index (χ3v) is 4.79. The van der Waals surface area contributed by atoms with Crippen LogP contribution in [0.15, 0.2) is 0 Å². The summed E-state index contributed by atoms with van der Waals surface area (Å²) >= 11 is 4.31. The van der Waals surface area contributed by atoms with Gasteiger partial charge in [0.2, 0.25) is 5.91 Å². The van der Waals surface area contributed by atoms with Gasteiger partial charge in [-0.25, -0.2) is 0 Å². The summed E-state index contributed by atoms with van der Waals surface area (Å²) in [7, 11) is 0. The van der Waals surface area contributed by atoms with Crippen molar-refractivity contribution in [3.05, 3.63) is 0 Å². The van der Waals surface area contributed by atoms with Crippen LogP contribution in [0.5, 0.6) is 0 Å². The molecule has 2 aliphatic heterocycles. The average molecular weight is 270 g/mol. The maximum absolute atomic E-state index is 11.9. The number of hydrogen-bond donors (Lipinski definition) is 1. The summed E-state index contributed by atoms with van der Waals surface area (Å²) in [4.78, 5) is 16.5. The lowest BCUT2D eigenvalue weighted by atomic mass is 9.96. The van der Waals surface area contributed by atoms with Crippen molar-refractivity contribution in [1.29, 1.82) is 0 Å². The van der Waals surface area contributed by atoms with Gasteiger partial charge in [-0.1, -0.05) is 6.92 Å². The van der Waals surface area contributed by atoms with E-state index in [1.807, 2.05) is 0 Å². The molecule has 3 nitrogen and oxygen atoms in total. The van der Waals surface area contributed by atoms with Crippen LogP contribution in [-0.2, 0) is 4.79 Å². The smallest absolute Gasteiger partial charge is 0.222 e. The molecule has 0 aromatic heterocycles. The van der Waals surface area contributed by atoms with E-state index in [1.165, 1.54) is 38.9 Å². The molecule has 0 bridgehead atoms. The minimum atomic E-state index is 0.352. The number of rotatable bonds is 5. The van der Waals surface area contributed by atoms with Gasteiger partial charge in [0.05, 0.1) is 0 Å². The van der Waals surface area contributed by atoms with Crippen molar-refractivity contribution in [2.24, 2.45) is 11.8 Å². The van der Waals surface area contributed by atoms with E-state index in [0.717, 1.165) is 31.2 Å². The van der Waals surface area contributed by atoms with E-state index in [4.69, 9.17) is 0 Å². The minimum Gasteiger partial charge on any atom is -0.342 e. The predicted octanol–water partition coefficient (Wildman–Crippen LogP) is 1.89. The highest BCUT2D eigenvalue weighted by atomic mass is 32.1. The van der Waals surface area contributed by atoms with Gasteiger partial charge < -0.3 is 9.80 Å². The van der Waals surface area contributed by atoms with Crippen molar-refractivity contribution in [3.8, 4) is 0 Å². The lowest BCUT2D eigenvalue weighted by molar-refractivity contribution is -0.128. The zero-order valence-corrected chi connectivity index (χ0v) is 12.4. The second kappa shape index (κ2) is 6.80. The standard InChI is InChI=1S/C14H26N2OS/c1-2-5-15-6-3-12(4-7-15)9-16-10-13(11-18)8-14(16)17/h12-13,18H,2-11H2,1H3. The van der Waals surface area contributed by atoms with Crippen molar-refractivity contribution in [1.82, 2.24) is 9.80 Å². The Morgan fingerprint density at radius 2 is 2.00 bits per heavy atom. The Labute approximate surface area is 116 Å². The molecular formula is C14H26N2OS. The van der Waals surface area contributed by atoms with Gasteiger partial charge >= 0.3 is 0 Å². The van der Waals surface area contributed by atoms with Crippen LogP contribution in [0, 0.1) is 11.8 Å². The van der Waals surface area contributed by atoms with E-state index >= 15 is 0 Å². The molecule has 1 amide bonds. The van der Waals surface area contributed by atoms with E-state index in [2.05, 4.69) is 29.4 Å². The molecule has 1 unspecified atom stereocenters. The third-order valence-electron chi connectivity index (χ3n) is 4.28. The molecule has 0 N–H and O–H groups in total. The Balaban J connectivity index is 1.73. The van der Waals surface area contributed by atoms with Crippen molar-refractivity contribution >= 4 is 18.5 Å². The molecule has 2 heterocycles. The van der Waals surface area contributed by atoms with Crippen molar-refractivity contribution < 1.29 is 4.79 Å². The molecular weight excluding hydrogens is 244 g/mol. The van der Waals surface area contributed by atoms with Gasteiger partial charge in [0.25, 0.3) is 0 Å². The third kappa shape index (κ3) is 3.64. The molecule has 2 saturated heterocycles. The van der Waals surface area contributed by atoms with Gasteiger partial charge in [-0.15, -0.1) is 0 Å². The first kappa shape index (κ1) is 14.2. The number of carbonyl (C=O) groups excluding carboxylic acids is 1. The zero-order chi connectivity index (χ0) is 13.0. The Hall–Kier alpha value is -0.220. The number of likely N-dealkylation sites (tertiary alicyclic amines) is 2. The number of thiol groups is 1. The van der Waals surface area contributed by atoms with Crippen LogP contribution < -0.4 is 0 Å². The van der Waals surface area contributed by atoms with Gasteiger partial charge in [0, 0.05) is 19.5 Å². The molecule has 2 fully saturated rings. The van der Waals surface area contributed by atoms with Gasteiger partial charge in [0.1, 0.15) is 0 Å². The minimum absolute atomic E-state index is 0.352. The lowest BCUT2D eigenvalue weighted by Gasteiger charge is -2.33. The molecule has 0 radical (unpaired) electrons. The summed E-state index contributed by atoms with van der Waals surface area (Å²) < 4.78 is 0. The van der Waals surface area contributed by atoms with E-state index in [-0.39, 0.29) is 0 Å². The molecule has 0 saturated carbocycles. The fourth-order valence-electron chi connectivity index (χ4n) is 3.17. The molecule has 4 heteroatoms. The second-order valence-electron chi connectivity index (χ2n) is 5.84. The summed E-state index contributed by atoms with van der Waals surface area (Å²) in [5, 5.41) is 0. The molecule has 104 valence electrons. The Morgan fingerprint density at radius 3 is 2.56 bits per heavy atom. The van der Waals surface area contributed by atoms with Gasteiger partial charge in [0.15, 0.2) is 0 Å². The van der Waals surface area contributed by atoms with Gasteiger partial charge in [-0.3, -0.25) is 4.79 Å². The quantitative estimate of drug-likeness (QED) is 0.771. The monoisotopic (exact) mass is 270 g/mol. The number of piperidine rings is 1. The number of hydrogen-bond acceptors (Lipinski definition) is 3. The summed E-state index contributed by atoms with van der Waals surface area (Å²) in [5.74, 6) is 2.41. The molecule has 0 aromatic rings. The van der Waals surface area contributed by atoms with E-state index < -0.39 is 0 Å². The molecule has 0 spiro atoms. The number of nitrogens with zero attached hydrogens (tertiary/aromatic N) is 2. The van der Waals surface area contributed by atoms with Crippen molar-refractivity contribution in [2.75, 3.05) is 38.5 Å². The first-order chi connectivity index (χ1) is 8.72. The summed E-state index contributed by atoms with van der Waals surface area (Å²) in [5.41, 5.74) is 0. The topological polar surface area (TPSA) is 23.6 Å². The SMILES string of the molecule is CCCN1CCC(CN2CC(CS)CC2=O)CC1. The first-order valence-electron chi connectivity index (χ1n) is 7.34. The Bertz CT molecular complexity index is 277. The summed E-state index contributed by atoms with van der Waals surface area (Å²) in [6.07, 6.45) is 4.49. The lowest BCUT2D eigenvalue weighted by Crippen LogP contribution is -2.39.